The Morgan fingerprint density at radius 3 is 2.52 bits per heavy atom. The fraction of sp³-hybridized carbons (Fsp3) is 0.333. The molecule has 0 saturated carbocycles. The lowest BCUT2D eigenvalue weighted by Crippen LogP contribution is -2.24. The van der Waals surface area contributed by atoms with E-state index in [1.807, 2.05) is 30.3 Å². The Balaban J connectivity index is 1.70. The van der Waals surface area contributed by atoms with Gasteiger partial charge in [-0.15, -0.1) is 0 Å². The SMILES string of the molecule is COc1cccc(-c2ccc(OC3CCCCO3)cc2)c1. The van der Waals surface area contributed by atoms with E-state index in [0.717, 1.165) is 42.1 Å². The molecule has 1 aliphatic heterocycles. The minimum atomic E-state index is -0.0959. The van der Waals surface area contributed by atoms with E-state index in [1.54, 1.807) is 7.11 Å². The summed E-state index contributed by atoms with van der Waals surface area (Å²) in [6, 6.07) is 16.2. The van der Waals surface area contributed by atoms with Crippen LogP contribution in [0.25, 0.3) is 11.1 Å². The van der Waals surface area contributed by atoms with E-state index in [9.17, 15) is 0 Å². The van der Waals surface area contributed by atoms with Crippen LogP contribution in [0.15, 0.2) is 48.5 Å². The Morgan fingerprint density at radius 2 is 1.81 bits per heavy atom. The number of rotatable bonds is 4. The molecule has 0 spiro atoms. The molecule has 3 rings (SSSR count). The maximum absolute atomic E-state index is 5.84. The summed E-state index contributed by atoms with van der Waals surface area (Å²) >= 11 is 0. The lowest BCUT2D eigenvalue weighted by atomic mass is 10.1. The van der Waals surface area contributed by atoms with Crippen molar-refractivity contribution in [2.45, 2.75) is 25.6 Å². The summed E-state index contributed by atoms with van der Waals surface area (Å²) in [7, 11) is 1.68. The number of methoxy groups -OCH3 is 1. The Hall–Kier alpha value is -2.00. The van der Waals surface area contributed by atoms with E-state index < -0.39 is 0 Å². The van der Waals surface area contributed by atoms with Crippen LogP contribution in [-0.2, 0) is 4.74 Å². The summed E-state index contributed by atoms with van der Waals surface area (Å²) in [6.07, 6.45) is 3.18. The van der Waals surface area contributed by atoms with Gasteiger partial charge in [0.1, 0.15) is 11.5 Å². The highest BCUT2D eigenvalue weighted by atomic mass is 16.7. The Morgan fingerprint density at radius 1 is 0.952 bits per heavy atom. The molecule has 0 radical (unpaired) electrons. The summed E-state index contributed by atoms with van der Waals surface area (Å²) in [5.74, 6) is 1.72. The maximum Gasteiger partial charge on any atom is 0.199 e. The first-order valence-corrected chi connectivity index (χ1v) is 7.38. The highest BCUT2D eigenvalue weighted by Gasteiger charge is 2.15. The Labute approximate surface area is 125 Å². The quantitative estimate of drug-likeness (QED) is 0.839. The van der Waals surface area contributed by atoms with Gasteiger partial charge in [-0.1, -0.05) is 24.3 Å². The second-order valence-corrected chi connectivity index (χ2v) is 5.17. The normalized spacial score (nSPS) is 18.2. The predicted octanol–water partition coefficient (Wildman–Crippen LogP) is 4.27. The first kappa shape index (κ1) is 14.0. The fourth-order valence-electron chi connectivity index (χ4n) is 2.48. The Bertz CT molecular complexity index is 571. The van der Waals surface area contributed by atoms with E-state index in [4.69, 9.17) is 14.2 Å². The van der Waals surface area contributed by atoms with Crippen LogP contribution in [0.3, 0.4) is 0 Å². The third-order valence-electron chi connectivity index (χ3n) is 3.66. The first-order valence-electron chi connectivity index (χ1n) is 7.38. The molecule has 0 amide bonds. The molecule has 1 unspecified atom stereocenters. The average Bonchev–Trinajstić information content (AvgIpc) is 2.56. The summed E-state index contributed by atoms with van der Waals surface area (Å²) in [5, 5.41) is 0. The van der Waals surface area contributed by atoms with E-state index in [0.29, 0.717) is 0 Å². The van der Waals surface area contributed by atoms with Crippen molar-refractivity contribution < 1.29 is 14.2 Å². The maximum atomic E-state index is 5.84. The van der Waals surface area contributed by atoms with Crippen molar-refractivity contribution in [3.8, 4) is 22.6 Å². The van der Waals surface area contributed by atoms with E-state index in [-0.39, 0.29) is 6.29 Å². The second kappa shape index (κ2) is 6.64. The van der Waals surface area contributed by atoms with Gasteiger partial charge in [-0.05, 0) is 48.2 Å². The number of benzene rings is 2. The molecule has 0 N–H and O–H groups in total. The van der Waals surface area contributed by atoms with Crippen molar-refractivity contribution in [1.29, 1.82) is 0 Å². The van der Waals surface area contributed by atoms with Gasteiger partial charge in [-0.3, -0.25) is 0 Å². The smallest absolute Gasteiger partial charge is 0.199 e. The Kier molecular flexibility index (Phi) is 4.41. The van der Waals surface area contributed by atoms with Gasteiger partial charge in [0, 0.05) is 6.42 Å². The van der Waals surface area contributed by atoms with Crippen LogP contribution in [0.5, 0.6) is 11.5 Å². The van der Waals surface area contributed by atoms with Gasteiger partial charge in [0.05, 0.1) is 13.7 Å². The highest BCUT2D eigenvalue weighted by molar-refractivity contribution is 5.65. The molecule has 1 atom stereocenters. The molecular weight excluding hydrogens is 264 g/mol. The number of ether oxygens (including phenoxy) is 3. The van der Waals surface area contributed by atoms with Crippen molar-refractivity contribution in [2.75, 3.05) is 13.7 Å². The molecule has 0 aromatic heterocycles. The molecule has 1 fully saturated rings. The van der Waals surface area contributed by atoms with E-state index >= 15 is 0 Å². The van der Waals surface area contributed by atoms with Crippen molar-refractivity contribution in [3.05, 3.63) is 48.5 Å². The van der Waals surface area contributed by atoms with Crippen molar-refractivity contribution in [1.82, 2.24) is 0 Å². The predicted molar refractivity (Wildman–Crippen MR) is 82.6 cm³/mol. The lowest BCUT2D eigenvalue weighted by Gasteiger charge is -2.23. The average molecular weight is 284 g/mol. The van der Waals surface area contributed by atoms with Crippen molar-refractivity contribution in [3.63, 3.8) is 0 Å². The monoisotopic (exact) mass is 284 g/mol. The number of hydrogen-bond acceptors (Lipinski definition) is 3. The standard InChI is InChI=1S/C18H20O3/c1-19-17-6-4-5-15(13-17)14-8-10-16(11-9-14)21-18-7-2-3-12-20-18/h4-6,8-11,13,18H,2-3,7,12H2,1H3. The van der Waals surface area contributed by atoms with Crippen molar-refractivity contribution >= 4 is 0 Å². The molecule has 110 valence electrons. The van der Waals surface area contributed by atoms with E-state index in [1.165, 1.54) is 6.42 Å². The minimum absolute atomic E-state index is 0.0959. The molecule has 1 heterocycles. The van der Waals surface area contributed by atoms with Gasteiger partial charge in [0.25, 0.3) is 0 Å². The fourth-order valence-corrected chi connectivity index (χ4v) is 2.48. The van der Waals surface area contributed by atoms with E-state index in [2.05, 4.69) is 18.2 Å². The molecule has 2 aromatic carbocycles. The summed E-state index contributed by atoms with van der Waals surface area (Å²) in [4.78, 5) is 0. The third-order valence-corrected chi connectivity index (χ3v) is 3.66. The number of hydrogen-bond donors (Lipinski definition) is 0. The van der Waals surface area contributed by atoms with Crippen LogP contribution in [0.1, 0.15) is 19.3 Å². The van der Waals surface area contributed by atoms with Crippen molar-refractivity contribution in [2.24, 2.45) is 0 Å². The molecule has 3 heteroatoms. The molecule has 2 aromatic rings. The summed E-state index contributed by atoms with van der Waals surface area (Å²) in [5.41, 5.74) is 2.28. The van der Waals surface area contributed by atoms with Gasteiger partial charge < -0.3 is 14.2 Å². The zero-order valence-corrected chi connectivity index (χ0v) is 12.2. The zero-order chi connectivity index (χ0) is 14.5. The van der Waals surface area contributed by atoms with Gasteiger partial charge >= 0.3 is 0 Å². The minimum Gasteiger partial charge on any atom is -0.497 e. The molecular formula is C18H20O3. The van der Waals surface area contributed by atoms with Crippen LogP contribution < -0.4 is 9.47 Å². The van der Waals surface area contributed by atoms with Crippen LogP contribution in [0, 0.1) is 0 Å². The molecule has 0 aliphatic carbocycles. The second-order valence-electron chi connectivity index (χ2n) is 5.17. The van der Waals surface area contributed by atoms with Gasteiger partial charge in [-0.25, -0.2) is 0 Å². The third kappa shape index (κ3) is 3.56. The first-order chi connectivity index (χ1) is 10.3. The van der Waals surface area contributed by atoms with Gasteiger partial charge in [-0.2, -0.15) is 0 Å². The molecule has 0 bridgehead atoms. The van der Waals surface area contributed by atoms with Gasteiger partial charge in [0.2, 0.25) is 0 Å². The van der Waals surface area contributed by atoms with Crippen LogP contribution >= 0.6 is 0 Å². The summed E-state index contributed by atoms with van der Waals surface area (Å²) in [6.45, 7) is 0.798. The highest BCUT2D eigenvalue weighted by Crippen LogP contribution is 2.26. The largest absolute Gasteiger partial charge is 0.497 e. The molecule has 21 heavy (non-hydrogen) atoms. The molecule has 1 saturated heterocycles. The lowest BCUT2D eigenvalue weighted by molar-refractivity contribution is -0.105. The summed E-state index contributed by atoms with van der Waals surface area (Å²) < 4.78 is 16.7. The van der Waals surface area contributed by atoms with Crippen LogP contribution in [0.2, 0.25) is 0 Å². The zero-order valence-electron chi connectivity index (χ0n) is 12.2. The molecule has 3 nitrogen and oxygen atoms in total. The molecule has 1 aliphatic rings. The topological polar surface area (TPSA) is 27.7 Å². The van der Waals surface area contributed by atoms with Crippen LogP contribution in [0.4, 0.5) is 0 Å². The van der Waals surface area contributed by atoms with Crippen LogP contribution in [-0.4, -0.2) is 20.0 Å². The van der Waals surface area contributed by atoms with Gasteiger partial charge in [0.15, 0.2) is 6.29 Å².